The van der Waals surface area contributed by atoms with E-state index in [2.05, 4.69) is 215 Å². The SMILES string of the molecule is c1cc(-c2c3c(c(-c4cccc(-n5c6ccccc6c6ccccc65)c4)c4ccccc24)-c2cccc4cccc-3c24)cc(-n2c3ccccc3c3ccccc32)c1. The summed E-state index contributed by atoms with van der Waals surface area (Å²) in [6.07, 6.45) is 0. The Balaban J connectivity index is 1.12. The van der Waals surface area contributed by atoms with E-state index in [1.54, 1.807) is 0 Å². The van der Waals surface area contributed by atoms with Gasteiger partial charge in [-0.3, -0.25) is 0 Å². The van der Waals surface area contributed by atoms with E-state index in [0.29, 0.717) is 0 Å². The van der Waals surface area contributed by atoms with Gasteiger partial charge < -0.3 is 9.13 Å². The molecule has 2 heteroatoms. The third kappa shape index (κ3) is 4.26. The molecule has 0 atom stereocenters. The lowest BCUT2D eigenvalue weighted by Crippen LogP contribution is -1.97. The van der Waals surface area contributed by atoms with E-state index in [-0.39, 0.29) is 0 Å². The Labute approximate surface area is 335 Å². The van der Waals surface area contributed by atoms with Gasteiger partial charge in [-0.2, -0.15) is 0 Å². The molecule has 0 saturated heterocycles. The Hall–Kier alpha value is -7.68. The number of rotatable bonds is 4. The van der Waals surface area contributed by atoms with Crippen LogP contribution in [0.1, 0.15) is 0 Å². The first kappa shape index (κ1) is 31.5. The predicted molar refractivity (Wildman–Crippen MR) is 245 cm³/mol. The van der Waals surface area contributed by atoms with Gasteiger partial charge in [0.1, 0.15) is 0 Å². The number of fused-ring (bicyclic) bond motifs is 10. The molecular weight excluding hydrogens is 701 g/mol. The Morgan fingerprint density at radius 3 is 1.00 bits per heavy atom. The van der Waals surface area contributed by atoms with Crippen LogP contribution in [0.25, 0.3) is 121 Å². The molecule has 1 aliphatic rings. The normalized spacial score (nSPS) is 12.1. The number of hydrogen-bond acceptors (Lipinski definition) is 0. The fraction of sp³-hybridized carbons (Fsp3) is 0. The van der Waals surface area contributed by atoms with Crippen LogP contribution in [0, 0.1) is 0 Å². The van der Waals surface area contributed by atoms with E-state index < -0.39 is 0 Å². The minimum atomic E-state index is 1.16. The first-order valence-corrected chi connectivity index (χ1v) is 20.1. The highest BCUT2D eigenvalue weighted by molar-refractivity contribution is 6.27. The van der Waals surface area contributed by atoms with Crippen molar-refractivity contribution in [3.05, 3.63) is 206 Å². The van der Waals surface area contributed by atoms with Crippen molar-refractivity contribution in [1.29, 1.82) is 0 Å². The zero-order valence-corrected chi connectivity index (χ0v) is 31.5. The van der Waals surface area contributed by atoms with Crippen molar-refractivity contribution in [2.24, 2.45) is 0 Å². The highest BCUT2D eigenvalue weighted by Gasteiger charge is 2.31. The van der Waals surface area contributed by atoms with Crippen molar-refractivity contribution >= 4 is 65.2 Å². The second-order valence-corrected chi connectivity index (χ2v) is 15.6. The second-order valence-electron chi connectivity index (χ2n) is 15.6. The van der Waals surface area contributed by atoms with Gasteiger partial charge in [0.15, 0.2) is 0 Å². The summed E-state index contributed by atoms with van der Waals surface area (Å²) >= 11 is 0. The van der Waals surface area contributed by atoms with Crippen molar-refractivity contribution in [3.8, 4) is 55.9 Å². The van der Waals surface area contributed by atoms with E-state index >= 15 is 0 Å². The first-order valence-electron chi connectivity index (χ1n) is 20.1. The average Bonchev–Trinajstić information content (AvgIpc) is 3.93. The van der Waals surface area contributed by atoms with Crippen molar-refractivity contribution in [1.82, 2.24) is 9.13 Å². The lowest BCUT2D eigenvalue weighted by atomic mass is 9.82. The van der Waals surface area contributed by atoms with Crippen LogP contribution < -0.4 is 0 Å². The number of nitrogens with zero attached hydrogens (tertiary/aromatic N) is 2. The van der Waals surface area contributed by atoms with Crippen LogP contribution in [-0.4, -0.2) is 9.13 Å². The van der Waals surface area contributed by atoms with E-state index in [9.17, 15) is 0 Å². The summed E-state index contributed by atoms with van der Waals surface area (Å²) in [5.74, 6) is 0. The molecule has 58 heavy (non-hydrogen) atoms. The zero-order valence-electron chi connectivity index (χ0n) is 31.5. The van der Waals surface area contributed by atoms with Crippen LogP contribution in [0.5, 0.6) is 0 Å². The van der Waals surface area contributed by atoms with Gasteiger partial charge in [0, 0.05) is 32.9 Å². The van der Waals surface area contributed by atoms with Crippen LogP contribution >= 0.6 is 0 Å². The fourth-order valence-electron chi connectivity index (χ4n) is 10.3. The maximum Gasteiger partial charge on any atom is 0.0541 e. The lowest BCUT2D eigenvalue weighted by Gasteiger charge is -2.21. The molecule has 0 saturated carbocycles. The first-order chi connectivity index (χ1) is 28.8. The summed E-state index contributed by atoms with van der Waals surface area (Å²) in [7, 11) is 0. The smallest absolute Gasteiger partial charge is 0.0541 e. The summed E-state index contributed by atoms with van der Waals surface area (Å²) in [4.78, 5) is 0. The minimum absolute atomic E-state index is 1.16. The summed E-state index contributed by atoms with van der Waals surface area (Å²) in [5.41, 5.74) is 17.4. The molecular formula is C56H34N2. The van der Waals surface area contributed by atoms with Gasteiger partial charge in [-0.25, -0.2) is 0 Å². The van der Waals surface area contributed by atoms with Crippen molar-refractivity contribution in [2.75, 3.05) is 0 Å². The number of para-hydroxylation sites is 4. The maximum atomic E-state index is 2.43. The highest BCUT2D eigenvalue weighted by atomic mass is 15.0. The topological polar surface area (TPSA) is 9.86 Å². The maximum absolute atomic E-state index is 2.43. The molecule has 13 rings (SSSR count). The molecule has 0 unspecified atom stereocenters. The molecule has 0 N–H and O–H groups in total. The molecule has 12 aromatic rings. The molecule has 0 fully saturated rings. The van der Waals surface area contributed by atoms with Crippen LogP contribution in [-0.2, 0) is 0 Å². The molecule has 10 aromatic carbocycles. The average molecular weight is 735 g/mol. The largest absolute Gasteiger partial charge is 0.309 e. The minimum Gasteiger partial charge on any atom is -0.309 e. The van der Waals surface area contributed by atoms with Gasteiger partial charge in [-0.1, -0.05) is 158 Å². The van der Waals surface area contributed by atoms with Gasteiger partial charge in [0.25, 0.3) is 0 Å². The molecule has 2 aromatic heterocycles. The van der Waals surface area contributed by atoms with Crippen molar-refractivity contribution in [2.45, 2.75) is 0 Å². The Bertz CT molecular complexity index is 3340. The predicted octanol–water partition coefficient (Wildman–Crippen LogP) is 15.2. The third-order valence-corrected chi connectivity index (χ3v) is 12.6. The summed E-state index contributed by atoms with van der Waals surface area (Å²) in [6.45, 7) is 0. The quantitative estimate of drug-likeness (QED) is 0.170. The second kappa shape index (κ2) is 11.9. The molecule has 0 aliphatic heterocycles. The van der Waals surface area contributed by atoms with Gasteiger partial charge in [0.2, 0.25) is 0 Å². The molecule has 268 valence electrons. The molecule has 0 amide bonds. The summed E-state index contributed by atoms with van der Waals surface area (Å²) in [5, 5.41) is 10.2. The van der Waals surface area contributed by atoms with Gasteiger partial charge in [-0.05, 0) is 115 Å². The Morgan fingerprint density at radius 1 is 0.259 bits per heavy atom. The van der Waals surface area contributed by atoms with Gasteiger partial charge in [-0.15, -0.1) is 0 Å². The molecule has 2 nitrogen and oxygen atoms in total. The van der Waals surface area contributed by atoms with Crippen LogP contribution in [0.4, 0.5) is 0 Å². The van der Waals surface area contributed by atoms with E-state index in [1.165, 1.54) is 110 Å². The van der Waals surface area contributed by atoms with Crippen LogP contribution in [0.2, 0.25) is 0 Å². The molecule has 1 aliphatic carbocycles. The molecule has 0 radical (unpaired) electrons. The van der Waals surface area contributed by atoms with E-state index in [0.717, 1.165) is 11.4 Å². The monoisotopic (exact) mass is 734 g/mol. The van der Waals surface area contributed by atoms with Crippen molar-refractivity contribution in [3.63, 3.8) is 0 Å². The number of benzene rings is 10. The summed E-state index contributed by atoms with van der Waals surface area (Å²) < 4.78 is 4.86. The molecule has 0 spiro atoms. The van der Waals surface area contributed by atoms with Gasteiger partial charge in [0.05, 0.1) is 22.1 Å². The molecule has 2 heterocycles. The zero-order chi connectivity index (χ0) is 37.9. The fourth-order valence-corrected chi connectivity index (χ4v) is 10.3. The van der Waals surface area contributed by atoms with Crippen molar-refractivity contribution < 1.29 is 0 Å². The number of hydrogen-bond donors (Lipinski definition) is 0. The van der Waals surface area contributed by atoms with Crippen LogP contribution in [0.3, 0.4) is 0 Å². The van der Waals surface area contributed by atoms with Crippen LogP contribution in [0.15, 0.2) is 206 Å². The van der Waals surface area contributed by atoms with E-state index in [1.807, 2.05) is 0 Å². The Kier molecular flexibility index (Phi) is 6.47. The van der Waals surface area contributed by atoms with E-state index in [4.69, 9.17) is 0 Å². The standard InChI is InChI=1S/C56H34N2/c1-2-26-45-44(25-1)53(36-17-11-19-38(33-36)57-48-29-7-3-21-40(48)41-22-4-8-30-49(41)57)55-46-27-13-15-35-16-14-28-47(52(35)46)56(55)54(45)37-18-12-20-39(34-37)58-50-31-9-5-23-42(50)43-24-6-10-32-51(43)58/h1-34H. The number of aromatic nitrogens is 2. The summed E-state index contributed by atoms with van der Waals surface area (Å²) in [6, 6.07) is 76.3. The third-order valence-electron chi connectivity index (χ3n) is 12.6. The van der Waals surface area contributed by atoms with Gasteiger partial charge >= 0.3 is 0 Å². The molecule has 0 bridgehead atoms. The Morgan fingerprint density at radius 2 is 0.603 bits per heavy atom. The lowest BCUT2D eigenvalue weighted by molar-refractivity contribution is 1.18. The highest BCUT2D eigenvalue weighted by Crippen LogP contribution is 2.58.